The molecule has 3 heterocycles. The number of benzene rings is 10. The molecule has 3 aromatic heterocycles. The van der Waals surface area contributed by atoms with Crippen LogP contribution in [-0.2, 0) is 0 Å². The van der Waals surface area contributed by atoms with Gasteiger partial charge in [0.1, 0.15) is 22.3 Å². The van der Waals surface area contributed by atoms with Gasteiger partial charge in [-0.15, -0.1) is 0 Å². The maximum atomic E-state index is 6.63. The fourth-order valence-corrected chi connectivity index (χ4v) is 9.53. The highest BCUT2D eigenvalue weighted by atomic mass is 16.3. The number of nitrogens with zero attached hydrogens (tertiary/aromatic N) is 3. The van der Waals surface area contributed by atoms with E-state index >= 15 is 0 Å². The second-order valence-corrected chi connectivity index (χ2v) is 15.8. The van der Waals surface area contributed by atoms with Crippen molar-refractivity contribution in [2.24, 2.45) is 0 Å². The molecule has 62 heavy (non-hydrogen) atoms. The van der Waals surface area contributed by atoms with Gasteiger partial charge >= 0.3 is 0 Å². The summed E-state index contributed by atoms with van der Waals surface area (Å²) in [4.78, 5) is 15.7. The Morgan fingerprint density at radius 3 is 1.48 bits per heavy atom. The van der Waals surface area contributed by atoms with E-state index in [-0.39, 0.29) is 0 Å². The summed E-state index contributed by atoms with van der Waals surface area (Å²) in [5.41, 5.74) is 10.4. The van der Waals surface area contributed by atoms with E-state index in [0.29, 0.717) is 17.5 Å². The van der Waals surface area contributed by atoms with E-state index in [1.165, 1.54) is 26.9 Å². The van der Waals surface area contributed by atoms with Crippen molar-refractivity contribution in [3.05, 3.63) is 200 Å². The molecule has 0 atom stereocenters. The molecule has 0 radical (unpaired) electrons. The first-order valence-electron chi connectivity index (χ1n) is 20.8. The van der Waals surface area contributed by atoms with E-state index in [9.17, 15) is 0 Å². The van der Waals surface area contributed by atoms with Gasteiger partial charge in [0.2, 0.25) is 0 Å². The fourth-order valence-electron chi connectivity index (χ4n) is 9.53. The number of rotatable bonds is 5. The Labute approximate surface area is 355 Å². The van der Waals surface area contributed by atoms with Crippen molar-refractivity contribution in [3.8, 4) is 56.4 Å². The van der Waals surface area contributed by atoms with Gasteiger partial charge in [-0.25, -0.2) is 15.0 Å². The highest BCUT2D eigenvalue weighted by Crippen LogP contribution is 2.45. The van der Waals surface area contributed by atoms with Crippen molar-refractivity contribution in [1.29, 1.82) is 0 Å². The molecule has 13 rings (SSSR count). The lowest BCUT2D eigenvalue weighted by Gasteiger charge is -2.13. The van der Waals surface area contributed by atoms with Gasteiger partial charge in [0.05, 0.1) is 0 Å². The second kappa shape index (κ2) is 13.6. The van der Waals surface area contributed by atoms with Crippen LogP contribution in [0.4, 0.5) is 0 Å². The number of fused-ring (bicyclic) bond motifs is 12. The molecule has 10 aromatic carbocycles. The quantitative estimate of drug-likeness (QED) is 0.162. The Hall–Kier alpha value is -8.41. The summed E-state index contributed by atoms with van der Waals surface area (Å²) >= 11 is 0. The predicted octanol–water partition coefficient (Wildman–Crippen LogP) is 15.5. The minimum atomic E-state index is 0.573. The Kier molecular flexibility index (Phi) is 7.54. The van der Waals surface area contributed by atoms with Gasteiger partial charge in [-0.1, -0.05) is 164 Å². The first-order valence-corrected chi connectivity index (χ1v) is 20.8. The van der Waals surface area contributed by atoms with Gasteiger partial charge in [0, 0.05) is 43.8 Å². The van der Waals surface area contributed by atoms with Crippen LogP contribution in [0.1, 0.15) is 0 Å². The molecule has 288 valence electrons. The Morgan fingerprint density at radius 1 is 0.258 bits per heavy atom. The fraction of sp³-hybridized carbons (Fsp3) is 0. The number of aromatic nitrogens is 3. The topological polar surface area (TPSA) is 65.0 Å². The van der Waals surface area contributed by atoms with E-state index in [2.05, 4.69) is 146 Å². The third-order valence-electron chi connectivity index (χ3n) is 12.3. The highest BCUT2D eigenvalue weighted by molar-refractivity contribution is 6.26. The summed E-state index contributed by atoms with van der Waals surface area (Å²) in [7, 11) is 0. The number of para-hydroxylation sites is 1. The first-order chi connectivity index (χ1) is 30.7. The van der Waals surface area contributed by atoms with Crippen LogP contribution in [0.25, 0.3) is 133 Å². The van der Waals surface area contributed by atoms with Crippen LogP contribution in [0.3, 0.4) is 0 Å². The van der Waals surface area contributed by atoms with Crippen LogP contribution >= 0.6 is 0 Å². The first kappa shape index (κ1) is 34.5. The molecule has 0 saturated heterocycles. The minimum Gasteiger partial charge on any atom is -0.456 e. The van der Waals surface area contributed by atoms with E-state index < -0.39 is 0 Å². The molecule has 0 fully saturated rings. The van der Waals surface area contributed by atoms with Gasteiger partial charge in [0.25, 0.3) is 0 Å². The number of furan rings is 2. The zero-order valence-corrected chi connectivity index (χ0v) is 33.2. The summed E-state index contributed by atoms with van der Waals surface area (Å²) < 4.78 is 13.1. The molecule has 5 nitrogen and oxygen atoms in total. The smallest absolute Gasteiger partial charge is 0.164 e. The maximum absolute atomic E-state index is 6.63. The maximum Gasteiger partial charge on any atom is 0.164 e. The zero-order valence-electron chi connectivity index (χ0n) is 33.2. The average molecular weight is 792 g/mol. The van der Waals surface area contributed by atoms with E-state index in [1.807, 2.05) is 54.6 Å². The van der Waals surface area contributed by atoms with Crippen LogP contribution in [0, 0.1) is 0 Å². The van der Waals surface area contributed by atoms with Crippen LogP contribution in [0.2, 0.25) is 0 Å². The van der Waals surface area contributed by atoms with Crippen molar-refractivity contribution in [2.45, 2.75) is 0 Å². The van der Waals surface area contributed by atoms with E-state index in [0.717, 1.165) is 88.2 Å². The second-order valence-electron chi connectivity index (χ2n) is 15.8. The minimum absolute atomic E-state index is 0.573. The molecule has 5 heteroatoms. The molecule has 0 spiro atoms. The molecule has 0 aliphatic rings. The monoisotopic (exact) mass is 791 g/mol. The number of hydrogen-bond acceptors (Lipinski definition) is 5. The summed E-state index contributed by atoms with van der Waals surface area (Å²) in [5, 5.41) is 11.3. The van der Waals surface area contributed by atoms with Crippen LogP contribution < -0.4 is 0 Å². The Morgan fingerprint density at radius 2 is 0.758 bits per heavy atom. The van der Waals surface area contributed by atoms with Crippen LogP contribution in [0.15, 0.2) is 209 Å². The lowest BCUT2D eigenvalue weighted by atomic mass is 9.90. The molecule has 0 unspecified atom stereocenters. The van der Waals surface area contributed by atoms with Crippen molar-refractivity contribution in [1.82, 2.24) is 15.0 Å². The van der Waals surface area contributed by atoms with E-state index in [1.54, 1.807) is 0 Å². The van der Waals surface area contributed by atoms with Gasteiger partial charge < -0.3 is 8.83 Å². The third-order valence-corrected chi connectivity index (χ3v) is 12.3. The third kappa shape index (κ3) is 5.32. The molecule has 0 amide bonds. The molecule has 0 saturated carbocycles. The van der Waals surface area contributed by atoms with Gasteiger partial charge in [-0.05, 0) is 85.4 Å². The Balaban J connectivity index is 1.05. The lowest BCUT2D eigenvalue weighted by Crippen LogP contribution is -2.00. The molecule has 0 aliphatic heterocycles. The normalized spacial score (nSPS) is 11.9. The standard InChI is InChI=1S/C57H33N3O2/c1-3-14-34(15-4-1)38-29-31-51-54(44-22-11-12-24-48(44)61-51)52(38)36-27-30-49-47(32-36)53-45(23-13-25-50(53)62-49)57-59-55(35-16-5-2-6-17-35)58-56(60-57)37-26-28-43-41-20-8-7-18-39(41)40-19-9-10-21-42(40)46(43)33-37/h1-33H. The van der Waals surface area contributed by atoms with Crippen LogP contribution in [0.5, 0.6) is 0 Å². The molecule has 0 aliphatic carbocycles. The Bertz CT molecular complexity index is 3890. The summed E-state index contributed by atoms with van der Waals surface area (Å²) in [6.07, 6.45) is 0. The van der Waals surface area contributed by atoms with Gasteiger partial charge in [-0.2, -0.15) is 0 Å². The van der Waals surface area contributed by atoms with Crippen molar-refractivity contribution < 1.29 is 8.83 Å². The molecular formula is C57H33N3O2. The van der Waals surface area contributed by atoms with Crippen molar-refractivity contribution in [3.63, 3.8) is 0 Å². The van der Waals surface area contributed by atoms with Crippen molar-refractivity contribution in [2.75, 3.05) is 0 Å². The predicted molar refractivity (Wildman–Crippen MR) is 254 cm³/mol. The summed E-state index contributed by atoms with van der Waals surface area (Å²) in [6.45, 7) is 0. The average Bonchev–Trinajstić information content (AvgIpc) is 3.92. The lowest BCUT2D eigenvalue weighted by molar-refractivity contribution is 0.669. The summed E-state index contributed by atoms with van der Waals surface area (Å²) in [6, 6.07) is 69.8. The highest BCUT2D eigenvalue weighted by Gasteiger charge is 2.22. The van der Waals surface area contributed by atoms with Gasteiger partial charge in [0.15, 0.2) is 17.5 Å². The number of hydrogen-bond donors (Lipinski definition) is 0. The van der Waals surface area contributed by atoms with Crippen LogP contribution in [-0.4, -0.2) is 15.0 Å². The van der Waals surface area contributed by atoms with Gasteiger partial charge in [-0.3, -0.25) is 0 Å². The molecule has 13 aromatic rings. The largest absolute Gasteiger partial charge is 0.456 e. The molecule has 0 N–H and O–H groups in total. The SMILES string of the molecule is c1ccc(-c2nc(-c3ccc4c5ccccc5c5ccccc5c4c3)nc(-c3cccc4oc5ccc(-c6c(-c7ccccc7)ccc7oc8ccccc8c67)cc5c34)n2)cc1. The zero-order chi connectivity index (χ0) is 40.7. The molecular weight excluding hydrogens is 759 g/mol. The van der Waals surface area contributed by atoms with E-state index in [4.69, 9.17) is 23.8 Å². The van der Waals surface area contributed by atoms with Crippen molar-refractivity contribution >= 4 is 76.2 Å². The summed E-state index contributed by atoms with van der Waals surface area (Å²) in [5.74, 6) is 1.78. The molecule has 0 bridgehead atoms.